The summed E-state index contributed by atoms with van der Waals surface area (Å²) in [5.74, 6) is -1.33. The Bertz CT molecular complexity index is 667. The molecule has 0 radical (unpaired) electrons. The third-order valence-electron chi connectivity index (χ3n) is 3.59. The molecule has 0 bridgehead atoms. The first-order valence-electron chi connectivity index (χ1n) is 9.35. The van der Waals surface area contributed by atoms with Crippen molar-refractivity contribution in [1.82, 2.24) is 5.32 Å². The second-order valence-electron chi connectivity index (χ2n) is 7.33. The fourth-order valence-electron chi connectivity index (χ4n) is 2.17. The Hall–Kier alpha value is -2.42. The van der Waals surface area contributed by atoms with Gasteiger partial charge in [-0.25, -0.2) is 9.59 Å². The Kier molecular flexibility index (Phi) is 11.0. The van der Waals surface area contributed by atoms with Crippen LogP contribution in [0.2, 0.25) is 0 Å². The van der Waals surface area contributed by atoms with Gasteiger partial charge in [0.1, 0.15) is 18.5 Å². The van der Waals surface area contributed by atoms with Crippen LogP contribution in [-0.4, -0.2) is 62.2 Å². The van der Waals surface area contributed by atoms with Crippen molar-refractivity contribution in [1.29, 1.82) is 0 Å². The van der Waals surface area contributed by atoms with Gasteiger partial charge >= 0.3 is 11.9 Å². The largest absolute Gasteiger partial charge is 0.489 e. The first-order chi connectivity index (χ1) is 13.7. The lowest BCUT2D eigenvalue weighted by Crippen LogP contribution is -2.44. The molecule has 1 aromatic carbocycles. The number of ether oxygens (including phenoxy) is 4. The van der Waals surface area contributed by atoms with Crippen LogP contribution in [0.3, 0.4) is 0 Å². The molecular formula is C21H31NO7. The van der Waals surface area contributed by atoms with Gasteiger partial charge < -0.3 is 29.4 Å². The van der Waals surface area contributed by atoms with E-state index in [0.717, 1.165) is 17.7 Å². The van der Waals surface area contributed by atoms with E-state index in [4.69, 9.17) is 24.1 Å². The number of nitrogens with one attached hydrogen (secondary N) is 1. The van der Waals surface area contributed by atoms with Crippen molar-refractivity contribution in [2.45, 2.75) is 39.0 Å². The maximum Gasteiger partial charge on any atom is 0.331 e. The zero-order valence-electron chi connectivity index (χ0n) is 17.5. The second-order valence-corrected chi connectivity index (χ2v) is 7.33. The van der Waals surface area contributed by atoms with E-state index in [-0.39, 0.29) is 12.1 Å². The molecule has 0 amide bonds. The van der Waals surface area contributed by atoms with Crippen LogP contribution in [0.25, 0.3) is 0 Å². The summed E-state index contributed by atoms with van der Waals surface area (Å²) in [7, 11) is 1.61. The number of aliphatic carboxylic acids is 1. The summed E-state index contributed by atoms with van der Waals surface area (Å²) >= 11 is 0. The molecule has 0 fully saturated rings. The van der Waals surface area contributed by atoms with E-state index in [2.05, 4.69) is 5.32 Å². The Balaban J connectivity index is 2.73. The molecule has 0 saturated heterocycles. The quantitative estimate of drug-likeness (QED) is 0.290. The van der Waals surface area contributed by atoms with Gasteiger partial charge in [-0.2, -0.15) is 0 Å². The molecule has 0 aromatic heterocycles. The molecule has 0 saturated carbocycles. The van der Waals surface area contributed by atoms with Crippen LogP contribution < -0.4 is 10.1 Å². The molecule has 8 heteroatoms. The highest BCUT2D eigenvalue weighted by atomic mass is 16.6. The van der Waals surface area contributed by atoms with E-state index in [0.29, 0.717) is 32.1 Å². The maximum absolute atomic E-state index is 11.9. The summed E-state index contributed by atoms with van der Waals surface area (Å²) in [6.45, 7) is 7.76. The third kappa shape index (κ3) is 11.9. The summed E-state index contributed by atoms with van der Waals surface area (Å²) < 4.78 is 21.7. The van der Waals surface area contributed by atoms with Crippen molar-refractivity contribution < 1.29 is 33.6 Å². The number of hydrogen-bond donors (Lipinski definition) is 2. The average Bonchev–Trinajstić information content (AvgIpc) is 2.66. The molecule has 8 nitrogen and oxygen atoms in total. The van der Waals surface area contributed by atoms with E-state index in [1.165, 1.54) is 0 Å². The highest BCUT2D eigenvalue weighted by Gasteiger charge is 2.19. The smallest absolute Gasteiger partial charge is 0.331 e. The second kappa shape index (κ2) is 12.9. The number of carboxylic acids is 1. The summed E-state index contributed by atoms with van der Waals surface area (Å²) in [4.78, 5) is 22.4. The number of carbonyl (C=O) groups excluding carboxylic acids is 1. The van der Waals surface area contributed by atoms with E-state index in [1.54, 1.807) is 7.11 Å². The molecule has 29 heavy (non-hydrogen) atoms. The molecule has 0 aliphatic rings. The van der Waals surface area contributed by atoms with Crippen LogP contribution in [-0.2, 0) is 30.4 Å². The van der Waals surface area contributed by atoms with E-state index >= 15 is 0 Å². The van der Waals surface area contributed by atoms with Crippen molar-refractivity contribution >= 4 is 11.9 Å². The minimum atomic E-state index is -1.22. The molecular weight excluding hydrogens is 378 g/mol. The van der Waals surface area contributed by atoms with Crippen LogP contribution in [0.5, 0.6) is 5.75 Å². The van der Waals surface area contributed by atoms with Crippen molar-refractivity contribution in [2.75, 3.05) is 33.5 Å². The molecule has 0 spiro atoms. The summed E-state index contributed by atoms with van der Waals surface area (Å²) in [5.41, 5.74) is 0.678. The minimum absolute atomic E-state index is 0.102. The van der Waals surface area contributed by atoms with Gasteiger partial charge in [0.25, 0.3) is 0 Å². The zero-order valence-corrected chi connectivity index (χ0v) is 17.5. The molecule has 1 rings (SSSR count). The topological polar surface area (TPSA) is 103 Å². The van der Waals surface area contributed by atoms with Crippen LogP contribution in [0.4, 0.5) is 0 Å². The summed E-state index contributed by atoms with van der Waals surface area (Å²) in [5, 5.41) is 11.9. The van der Waals surface area contributed by atoms with Gasteiger partial charge in [-0.3, -0.25) is 0 Å². The number of carbonyl (C=O) groups is 2. The summed E-state index contributed by atoms with van der Waals surface area (Å²) in [6.07, 6.45) is 1.01. The Morgan fingerprint density at radius 1 is 1.17 bits per heavy atom. The van der Waals surface area contributed by atoms with Crippen molar-refractivity contribution in [3.8, 4) is 5.75 Å². The fraction of sp³-hybridized carbons (Fsp3) is 0.524. The minimum Gasteiger partial charge on any atom is -0.489 e. The Morgan fingerprint density at radius 2 is 1.90 bits per heavy atom. The molecule has 1 atom stereocenters. The maximum atomic E-state index is 11.9. The molecule has 1 unspecified atom stereocenters. The standard InChI is InChI=1S/C21H31NO7/c1-21(2,3)22-13-17(29-20(25)10-9-19(23)24)15-28-18-8-6-5-7-16(18)14-27-12-11-26-4/h5-10,17,22H,11-15H2,1-4H3,(H,23,24). The normalized spacial score (nSPS) is 12.7. The van der Waals surface area contributed by atoms with Gasteiger partial charge in [-0.05, 0) is 26.8 Å². The van der Waals surface area contributed by atoms with E-state index < -0.39 is 18.0 Å². The molecule has 2 N–H and O–H groups in total. The number of para-hydroxylation sites is 1. The predicted molar refractivity (Wildman–Crippen MR) is 108 cm³/mol. The summed E-state index contributed by atoms with van der Waals surface area (Å²) in [6, 6.07) is 7.44. The van der Waals surface area contributed by atoms with Crippen LogP contribution >= 0.6 is 0 Å². The third-order valence-corrected chi connectivity index (χ3v) is 3.59. The lowest BCUT2D eigenvalue weighted by molar-refractivity contribution is -0.145. The van der Waals surface area contributed by atoms with Crippen LogP contribution in [0, 0.1) is 0 Å². The zero-order chi connectivity index (χ0) is 21.7. The first-order valence-corrected chi connectivity index (χ1v) is 9.35. The number of rotatable bonds is 13. The number of methoxy groups -OCH3 is 1. The average molecular weight is 409 g/mol. The lowest BCUT2D eigenvalue weighted by Gasteiger charge is -2.25. The van der Waals surface area contributed by atoms with Gasteiger partial charge in [-0.15, -0.1) is 0 Å². The number of carboxylic acid groups (broad SMARTS) is 1. The highest BCUT2D eigenvalue weighted by molar-refractivity contribution is 5.90. The van der Waals surface area contributed by atoms with E-state index in [1.807, 2.05) is 45.0 Å². The predicted octanol–water partition coefficient (Wildman–Crippen LogP) is 2.17. The SMILES string of the molecule is COCCOCc1ccccc1OCC(CNC(C)(C)C)OC(=O)C=CC(=O)O. The Morgan fingerprint density at radius 3 is 2.55 bits per heavy atom. The van der Waals surface area contributed by atoms with Crippen molar-refractivity contribution in [3.63, 3.8) is 0 Å². The van der Waals surface area contributed by atoms with Crippen LogP contribution in [0.15, 0.2) is 36.4 Å². The van der Waals surface area contributed by atoms with Gasteiger partial charge in [0.15, 0.2) is 0 Å². The van der Waals surface area contributed by atoms with Gasteiger partial charge in [0, 0.05) is 36.9 Å². The fourth-order valence-corrected chi connectivity index (χ4v) is 2.17. The highest BCUT2D eigenvalue weighted by Crippen LogP contribution is 2.19. The van der Waals surface area contributed by atoms with Gasteiger partial charge in [0.05, 0.1) is 19.8 Å². The molecule has 1 aromatic rings. The van der Waals surface area contributed by atoms with Crippen molar-refractivity contribution in [3.05, 3.63) is 42.0 Å². The van der Waals surface area contributed by atoms with E-state index in [9.17, 15) is 9.59 Å². The van der Waals surface area contributed by atoms with Gasteiger partial charge in [-0.1, -0.05) is 18.2 Å². The monoisotopic (exact) mass is 409 g/mol. The lowest BCUT2D eigenvalue weighted by atomic mass is 10.1. The first kappa shape index (κ1) is 24.6. The van der Waals surface area contributed by atoms with Gasteiger partial charge in [0.2, 0.25) is 0 Å². The molecule has 0 aliphatic carbocycles. The van der Waals surface area contributed by atoms with Crippen LogP contribution in [0.1, 0.15) is 26.3 Å². The number of esters is 1. The molecule has 0 aliphatic heterocycles. The number of hydrogen-bond acceptors (Lipinski definition) is 7. The Labute approximate surface area is 171 Å². The number of benzene rings is 1. The molecule has 162 valence electrons. The molecule has 0 heterocycles. The van der Waals surface area contributed by atoms with Crippen molar-refractivity contribution in [2.24, 2.45) is 0 Å².